The van der Waals surface area contributed by atoms with Crippen molar-refractivity contribution >= 4 is 16.9 Å². The lowest BCUT2D eigenvalue weighted by Gasteiger charge is -2.20. The number of nitrogens with zero attached hydrogens (tertiary/aromatic N) is 1. The largest absolute Gasteiger partial charge is 0.488 e. The predicted molar refractivity (Wildman–Crippen MR) is 101 cm³/mol. The van der Waals surface area contributed by atoms with Crippen molar-refractivity contribution in [2.24, 2.45) is 5.73 Å². The number of carbonyl (C=O) groups excluding carboxylic acids is 1. The van der Waals surface area contributed by atoms with Gasteiger partial charge in [-0.2, -0.15) is 13.2 Å². The Bertz CT molecular complexity index is 1130. The minimum Gasteiger partial charge on any atom is -0.488 e. The van der Waals surface area contributed by atoms with Gasteiger partial charge in [-0.3, -0.25) is 9.78 Å². The molecule has 0 bridgehead atoms. The normalized spacial score (nSPS) is 15.4. The Labute approximate surface area is 169 Å². The number of aryl methyl sites for hydroxylation is 1. The Morgan fingerprint density at radius 1 is 1.33 bits per heavy atom. The summed E-state index contributed by atoms with van der Waals surface area (Å²) in [6.45, 7) is 1.02. The quantitative estimate of drug-likeness (QED) is 0.631. The van der Waals surface area contributed by atoms with Crippen LogP contribution < -0.4 is 10.5 Å². The fourth-order valence-corrected chi connectivity index (χ4v) is 3.84. The van der Waals surface area contributed by atoms with Crippen molar-refractivity contribution in [3.63, 3.8) is 0 Å². The first kappa shape index (κ1) is 20.2. The molecule has 3 N–H and O–H groups in total. The van der Waals surface area contributed by atoms with Gasteiger partial charge in [-0.1, -0.05) is 6.07 Å². The zero-order valence-electron chi connectivity index (χ0n) is 16.0. The molecule has 1 aliphatic carbocycles. The van der Waals surface area contributed by atoms with Crippen molar-refractivity contribution in [3.8, 4) is 5.75 Å². The minimum atomic E-state index is -4.61. The van der Waals surface area contributed by atoms with Crippen molar-refractivity contribution in [1.29, 1.82) is 0 Å². The third-order valence-corrected chi connectivity index (χ3v) is 5.47. The number of pyridine rings is 1. The SMILES string of the molecule is Cc1oc2ccc(OCc3cccnc3C(F)(F)F)c(C3(CO)CC3)c2c1C(N)=O. The van der Waals surface area contributed by atoms with Gasteiger partial charge in [0.15, 0.2) is 5.69 Å². The molecule has 1 aliphatic rings. The molecule has 2 heterocycles. The number of ether oxygens (including phenoxy) is 1. The number of carbonyl (C=O) groups is 1. The van der Waals surface area contributed by atoms with Gasteiger partial charge in [-0.15, -0.1) is 0 Å². The lowest BCUT2D eigenvalue weighted by molar-refractivity contribution is -0.142. The smallest absolute Gasteiger partial charge is 0.433 e. The topological polar surface area (TPSA) is 98.6 Å². The Morgan fingerprint density at radius 2 is 2.07 bits per heavy atom. The number of rotatable bonds is 6. The fraction of sp³-hybridized carbons (Fsp3) is 0.333. The Morgan fingerprint density at radius 3 is 2.67 bits per heavy atom. The van der Waals surface area contributed by atoms with Gasteiger partial charge in [0.25, 0.3) is 5.91 Å². The van der Waals surface area contributed by atoms with Crippen molar-refractivity contribution in [1.82, 2.24) is 4.98 Å². The van der Waals surface area contributed by atoms with Crippen molar-refractivity contribution in [3.05, 3.63) is 58.6 Å². The van der Waals surface area contributed by atoms with E-state index in [-0.39, 0.29) is 30.1 Å². The molecule has 0 aliphatic heterocycles. The van der Waals surface area contributed by atoms with Crippen LogP contribution in [0.25, 0.3) is 11.0 Å². The van der Waals surface area contributed by atoms with Gasteiger partial charge in [0.05, 0.1) is 12.2 Å². The molecule has 1 fully saturated rings. The van der Waals surface area contributed by atoms with E-state index in [0.717, 1.165) is 6.20 Å². The molecule has 6 nitrogen and oxygen atoms in total. The summed E-state index contributed by atoms with van der Waals surface area (Å²) in [5.74, 6) is -0.0874. The van der Waals surface area contributed by atoms with E-state index >= 15 is 0 Å². The zero-order valence-corrected chi connectivity index (χ0v) is 16.0. The fourth-order valence-electron chi connectivity index (χ4n) is 3.84. The first-order valence-corrected chi connectivity index (χ1v) is 9.29. The average molecular weight is 420 g/mol. The Kier molecular flexibility index (Phi) is 4.73. The van der Waals surface area contributed by atoms with Crippen LogP contribution in [0, 0.1) is 6.92 Å². The zero-order chi connectivity index (χ0) is 21.7. The average Bonchev–Trinajstić information content (AvgIpc) is 3.40. The number of aliphatic hydroxyl groups excluding tert-OH is 1. The second-order valence-corrected chi connectivity index (χ2v) is 7.45. The Balaban J connectivity index is 1.82. The van der Waals surface area contributed by atoms with Crippen LogP contribution in [0.15, 0.2) is 34.9 Å². The third kappa shape index (κ3) is 3.28. The van der Waals surface area contributed by atoms with Crippen LogP contribution in [0.3, 0.4) is 0 Å². The van der Waals surface area contributed by atoms with Crippen LogP contribution in [0.5, 0.6) is 5.75 Å². The summed E-state index contributed by atoms with van der Waals surface area (Å²) in [4.78, 5) is 15.5. The van der Waals surface area contributed by atoms with Gasteiger partial charge in [0.1, 0.15) is 23.7 Å². The molecule has 0 saturated heterocycles. The molecule has 0 unspecified atom stereocenters. The van der Waals surface area contributed by atoms with E-state index in [1.165, 1.54) is 12.1 Å². The number of amides is 1. The standard InChI is InChI=1S/C21H19F3N2O4/c1-11-15(19(25)28)16-13(30-11)4-5-14(17(16)20(10-27)6-7-20)29-9-12-3-2-8-26-18(12)21(22,23)24/h2-5,8,27H,6-7,9-10H2,1H3,(H2,25,28). The van der Waals surface area contributed by atoms with Crippen LogP contribution in [-0.2, 0) is 18.2 Å². The van der Waals surface area contributed by atoms with Crippen LogP contribution in [0.1, 0.15) is 45.8 Å². The molecule has 1 saturated carbocycles. The molecule has 0 spiro atoms. The predicted octanol–water partition coefficient (Wildman–Crippen LogP) is 3.86. The van der Waals surface area contributed by atoms with Crippen LogP contribution in [-0.4, -0.2) is 22.6 Å². The van der Waals surface area contributed by atoms with Gasteiger partial charge in [-0.05, 0) is 38.0 Å². The third-order valence-electron chi connectivity index (χ3n) is 5.47. The summed E-state index contributed by atoms with van der Waals surface area (Å²) >= 11 is 0. The van der Waals surface area contributed by atoms with Gasteiger partial charge in [0, 0.05) is 28.1 Å². The summed E-state index contributed by atoms with van der Waals surface area (Å²) in [7, 11) is 0. The Hall–Kier alpha value is -3.07. The molecule has 1 amide bonds. The number of hydrogen-bond acceptors (Lipinski definition) is 5. The number of alkyl halides is 3. The van der Waals surface area contributed by atoms with Crippen molar-refractivity contribution in [2.45, 2.75) is 38.0 Å². The number of halogens is 3. The lowest BCUT2D eigenvalue weighted by atomic mass is 9.90. The van der Waals surface area contributed by atoms with Gasteiger partial charge in [0.2, 0.25) is 0 Å². The summed E-state index contributed by atoms with van der Waals surface area (Å²) < 4.78 is 51.2. The summed E-state index contributed by atoms with van der Waals surface area (Å²) in [5.41, 5.74) is 4.87. The molecule has 2 aromatic heterocycles. The maximum absolute atomic E-state index is 13.2. The summed E-state index contributed by atoms with van der Waals surface area (Å²) in [5, 5.41) is 10.4. The van der Waals surface area contributed by atoms with E-state index in [1.54, 1.807) is 19.1 Å². The monoisotopic (exact) mass is 420 g/mol. The van der Waals surface area contributed by atoms with Gasteiger partial charge >= 0.3 is 6.18 Å². The van der Waals surface area contributed by atoms with Crippen molar-refractivity contribution in [2.75, 3.05) is 6.61 Å². The molecule has 9 heteroatoms. The molecule has 1 aromatic carbocycles. The minimum absolute atomic E-state index is 0.122. The molecule has 0 radical (unpaired) electrons. The maximum Gasteiger partial charge on any atom is 0.433 e. The molecule has 158 valence electrons. The molecule has 3 aromatic rings. The van der Waals surface area contributed by atoms with E-state index < -0.39 is 23.2 Å². The number of nitrogens with two attached hydrogens (primary N) is 1. The lowest BCUT2D eigenvalue weighted by Crippen LogP contribution is -2.18. The summed E-state index contributed by atoms with van der Waals surface area (Å²) in [6.07, 6.45) is -2.26. The summed E-state index contributed by atoms with van der Waals surface area (Å²) in [6, 6.07) is 5.85. The van der Waals surface area contributed by atoms with Gasteiger partial charge in [-0.25, -0.2) is 0 Å². The van der Waals surface area contributed by atoms with Crippen LogP contribution in [0.4, 0.5) is 13.2 Å². The highest BCUT2D eigenvalue weighted by molar-refractivity contribution is 6.08. The van der Waals surface area contributed by atoms with Crippen LogP contribution in [0.2, 0.25) is 0 Å². The highest BCUT2D eigenvalue weighted by atomic mass is 19.4. The first-order chi connectivity index (χ1) is 14.2. The van der Waals surface area contributed by atoms with E-state index in [4.69, 9.17) is 14.9 Å². The number of benzene rings is 1. The highest BCUT2D eigenvalue weighted by Crippen LogP contribution is 2.54. The van der Waals surface area contributed by atoms with E-state index in [9.17, 15) is 23.1 Å². The number of furan rings is 1. The molecular weight excluding hydrogens is 401 g/mol. The number of primary amides is 1. The second-order valence-electron chi connectivity index (χ2n) is 7.45. The maximum atomic E-state index is 13.2. The number of fused-ring (bicyclic) bond motifs is 1. The van der Waals surface area contributed by atoms with Crippen LogP contribution >= 0.6 is 0 Å². The highest BCUT2D eigenvalue weighted by Gasteiger charge is 2.48. The van der Waals surface area contributed by atoms with Crippen molar-refractivity contribution < 1.29 is 32.2 Å². The molecule has 0 atom stereocenters. The molecule has 30 heavy (non-hydrogen) atoms. The van der Waals surface area contributed by atoms with E-state index in [2.05, 4.69) is 4.98 Å². The molecular formula is C21H19F3N2O4. The number of aliphatic hydroxyl groups is 1. The van der Waals surface area contributed by atoms with Gasteiger partial charge < -0.3 is 20.0 Å². The molecule has 4 rings (SSSR count). The second kappa shape index (κ2) is 7.02. The first-order valence-electron chi connectivity index (χ1n) is 9.29. The number of hydrogen-bond donors (Lipinski definition) is 2. The van der Waals surface area contributed by atoms with E-state index in [0.29, 0.717) is 35.1 Å². The van der Waals surface area contributed by atoms with E-state index in [1.807, 2.05) is 0 Å². The number of aromatic nitrogens is 1.